The molecule has 1 aromatic heterocycles. The normalized spacial score (nSPS) is 11.8. The van der Waals surface area contributed by atoms with Crippen molar-refractivity contribution < 1.29 is 18.0 Å². The molecule has 0 bridgehead atoms. The van der Waals surface area contributed by atoms with Gasteiger partial charge in [-0.3, -0.25) is 0 Å². The molecule has 2 aromatic rings. The maximum Gasteiger partial charge on any atom is 0.242 e. The summed E-state index contributed by atoms with van der Waals surface area (Å²) in [4.78, 5) is 0.0896. The van der Waals surface area contributed by atoms with Crippen LogP contribution >= 0.6 is 15.9 Å². The highest BCUT2D eigenvalue weighted by Crippen LogP contribution is 2.27. The van der Waals surface area contributed by atoms with Crippen LogP contribution in [0.25, 0.3) is 0 Å². The fraction of sp³-hybridized carbons (Fsp3) is 0.308. The van der Waals surface area contributed by atoms with Gasteiger partial charge in [-0.25, -0.2) is 13.1 Å². The number of nitrogens with zero attached hydrogens (tertiary/aromatic N) is 1. The first-order valence-electron chi connectivity index (χ1n) is 6.15. The van der Waals surface area contributed by atoms with Gasteiger partial charge in [-0.05, 0) is 47.0 Å². The Bertz CT molecular complexity index is 756. The summed E-state index contributed by atoms with van der Waals surface area (Å²) in [5, 5.41) is 12.9. The van der Waals surface area contributed by atoms with Crippen molar-refractivity contribution in [3.8, 4) is 0 Å². The first-order chi connectivity index (χ1) is 9.83. The lowest BCUT2D eigenvalue weighted by Gasteiger charge is -2.11. The second-order valence-electron chi connectivity index (χ2n) is 4.64. The van der Waals surface area contributed by atoms with Gasteiger partial charge in [0.1, 0.15) is 5.76 Å². The second kappa shape index (κ2) is 6.27. The van der Waals surface area contributed by atoms with Gasteiger partial charge < -0.3 is 9.63 Å². The van der Waals surface area contributed by atoms with E-state index in [4.69, 9.17) is 4.52 Å². The molecule has 0 atom stereocenters. The van der Waals surface area contributed by atoms with Gasteiger partial charge in [0.15, 0.2) is 0 Å². The molecule has 0 unspecified atom stereocenters. The zero-order valence-corrected chi connectivity index (χ0v) is 14.0. The summed E-state index contributed by atoms with van der Waals surface area (Å²) in [5.41, 5.74) is 1.77. The maximum absolute atomic E-state index is 12.4. The van der Waals surface area contributed by atoms with Crippen molar-refractivity contribution in [3.63, 3.8) is 0 Å². The molecule has 0 fully saturated rings. The highest BCUT2D eigenvalue weighted by molar-refractivity contribution is 9.10. The summed E-state index contributed by atoms with van der Waals surface area (Å²) in [6.07, 6.45) is 0. The molecule has 0 amide bonds. The number of benzene rings is 1. The van der Waals surface area contributed by atoms with Crippen molar-refractivity contribution >= 4 is 26.0 Å². The largest absolute Gasteiger partial charge is 0.392 e. The van der Waals surface area contributed by atoms with Crippen LogP contribution in [0.2, 0.25) is 0 Å². The van der Waals surface area contributed by atoms with E-state index in [9.17, 15) is 13.5 Å². The summed E-state index contributed by atoms with van der Waals surface area (Å²) in [6, 6.07) is 4.82. The van der Waals surface area contributed by atoms with Crippen molar-refractivity contribution in [2.24, 2.45) is 0 Å². The van der Waals surface area contributed by atoms with Crippen LogP contribution in [0.4, 0.5) is 0 Å². The first-order valence-corrected chi connectivity index (χ1v) is 8.43. The van der Waals surface area contributed by atoms with Crippen LogP contribution in [0.1, 0.15) is 22.6 Å². The van der Waals surface area contributed by atoms with Crippen molar-refractivity contribution in [2.45, 2.75) is 31.9 Å². The molecule has 0 spiro atoms. The van der Waals surface area contributed by atoms with E-state index in [-0.39, 0.29) is 18.0 Å². The Morgan fingerprint density at radius 1 is 1.33 bits per heavy atom. The van der Waals surface area contributed by atoms with Crippen LogP contribution in [0, 0.1) is 13.8 Å². The molecule has 1 aromatic carbocycles. The number of aromatic nitrogens is 1. The fourth-order valence-corrected chi connectivity index (χ4v) is 3.91. The Morgan fingerprint density at radius 2 is 2.05 bits per heavy atom. The predicted octanol–water partition coefficient (Wildman–Crippen LogP) is 2.02. The summed E-state index contributed by atoms with van der Waals surface area (Å²) in [7, 11) is -3.72. The molecule has 6 nitrogen and oxygen atoms in total. The minimum absolute atomic E-state index is 0.0362. The third-order valence-corrected chi connectivity index (χ3v) is 5.61. The zero-order chi connectivity index (χ0) is 15.6. The van der Waals surface area contributed by atoms with Gasteiger partial charge in [-0.1, -0.05) is 11.2 Å². The van der Waals surface area contributed by atoms with Gasteiger partial charge in [0.2, 0.25) is 10.0 Å². The number of nitrogens with one attached hydrogen (secondary N) is 1. The molecular weight excluding hydrogens is 360 g/mol. The average Bonchev–Trinajstić information content (AvgIpc) is 2.85. The minimum Gasteiger partial charge on any atom is -0.392 e. The summed E-state index contributed by atoms with van der Waals surface area (Å²) >= 11 is 3.27. The second-order valence-corrected chi connectivity index (χ2v) is 7.16. The molecule has 1 heterocycles. The molecule has 8 heteroatoms. The van der Waals surface area contributed by atoms with E-state index >= 15 is 0 Å². The fourth-order valence-electron chi connectivity index (χ4n) is 1.84. The van der Waals surface area contributed by atoms with Crippen LogP contribution in [0.3, 0.4) is 0 Å². The number of rotatable bonds is 5. The molecular formula is C13H15BrN2O4S. The monoisotopic (exact) mass is 374 g/mol. The number of hydrogen-bond donors (Lipinski definition) is 2. The van der Waals surface area contributed by atoms with Crippen LogP contribution in [0.5, 0.6) is 0 Å². The summed E-state index contributed by atoms with van der Waals surface area (Å²) in [6.45, 7) is 3.31. The standard InChI is InChI=1S/C13H15BrN2O4S/c1-8-3-10(7-17)5-12(13(8)14)21(18,19)15-6-11-4-9(2)20-16-11/h3-5,15,17H,6-7H2,1-2H3. The zero-order valence-electron chi connectivity index (χ0n) is 11.6. The minimum atomic E-state index is -3.72. The predicted molar refractivity (Wildman–Crippen MR) is 80.1 cm³/mol. The topological polar surface area (TPSA) is 92.4 Å². The van der Waals surface area contributed by atoms with Crippen LogP contribution in [-0.2, 0) is 23.2 Å². The van der Waals surface area contributed by atoms with Crippen LogP contribution < -0.4 is 4.72 Å². The van der Waals surface area contributed by atoms with Crippen molar-refractivity contribution in [1.29, 1.82) is 0 Å². The lowest BCUT2D eigenvalue weighted by Crippen LogP contribution is -2.24. The van der Waals surface area contributed by atoms with Gasteiger partial charge in [0.25, 0.3) is 0 Å². The Labute approximate surface area is 131 Å². The van der Waals surface area contributed by atoms with Crippen molar-refractivity contribution in [3.05, 3.63) is 45.3 Å². The Morgan fingerprint density at radius 3 is 2.62 bits per heavy atom. The highest BCUT2D eigenvalue weighted by Gasteiger charge is 2.20. The third kappa shape index (κ3) is 3.70. The van der Waals surface area contributed by atoms with Crippen LogP contribution in [0.15, 0.2) is 32.1 Å². The molecule has 0 aliphatic rings. The molecule has 2 rings (SSSR count). The van der Waals surface area contributed by atoms with Crippen molar-refractivity contribution in [2.75, 3.05) is 0 Å². The molecule has 0 aliphatic carbocycles. The summed E-state index contributed by atoms with van der Waals surface area (Å²) in [5.74, 6) is 0.614. The third-order valence-electron chi connectivity index (χ3n) is 2.87. The molecule has 2 N–H and O–H groups in total. The number of hydrogen-bond acceptors (Lipinski definition) is 5. The number of aliphatic hydroxyl groups is 1. The van der Waals surface area contributed by atoms with Gasteiger partial charge in [-0.2, -0.15) is 0 Å². The van der Waals surface area contributed by atoms with E-state index in [1.807, 2.05) is 0 Å². The van der Waals surface area contributed by atoms with Gasteiger partial charge in [0.05, 0.1) is 23.7 Å². The SMILES string of the molecule is Cc1cc(CNS(=O)(=O)c2cc(CO)cc(C)c2Br)no1. The van der Waals surface area contributed by atoms with Gasteiger partial charge >= 0.3 is 0 Å². The first kappa shape index (κ1) is 16.2. The molecule has 114 valence electrons. The number of aliphatic hydroxyl groups excluding tert-OH is 1. The van der Waals surface area contributed by atoms with E-state index in [2.05, 4.69) is 25.8 Å². The van der Waals surface area contributed by atoms with Gasteiger partial charge in [-0.15, -0.1) is 0 Å². The van der Waals surface area contributed by atoms with E-state index in [1.54, 1.807) is 26.0 Å². The molecule has 0 saturated heterocycles. The van der Waals surface area contributed by atoms with Crippen molar-refractivity contribution in [1.82, 2.24) is 9.88 Å². The maximum atomic E-state index is 12.4. The average molecular weight is 375 g/mol. The molecule has 21 heavy (non-hydrogen) atoms. The molecule has 0 radical (unpaired) electrons. The van der Waals surface area contributed by atoms with E-state index < -0.39 is 10.0 Å². The van der Waals surface area contributed by atoms with E-state index in [0.29, 0.717) is 21.5 Å². The smallest absolute Gasteiger partial charge is 0.242 e. The Kier molecular flexibility index (Phi) is 4.82. The molecule has 0 saturated carbocycles. The summed E-state index contributed by atoms with van der Waals surface area (Å²) < 4.78 is 32.6. The number of halogens is 1. The molecule has 0 aliphatic heterocycles. The number of aryl methyl sites for hydroxylation is 2. The van der Waals surface area contributed by atoms with Crippen LogP contribution in [-0.4, -0.2) is 18.7 Å². The lowest BCUT2D eigenvalue weighted by molar-refractivity contribution is 0.281. The lowest BCUT2D eigenvalue weighted by atomic mass is 10.1. The van der Waals surface area contributed by atoms with Gasteiger partial charge in [0, 0.05) is 10.5 Å². The highest BCUT2D eigenvalue weighted by atomic mass is 79.9. The Balaban J connectivity index is 2.29. The quantitative estimate of drug-likeness (QED) is 0.834. The van der Waals surface area contributed by atoms with E-state index in [1.165, 1.54) is 6.07 Å². The Hall–Kier alpha value is -1.22. The number of sulfonamides is 1. The van der Waals surface area contributed by atoms with E-state index in [0.717, 1.165) is 5.56 Å².